The van der Waals surface area contributed by atoms with Crippen LogP contribution in [0.1, 0.15) is 16.8 Å². The summed E-state index contributed by atoms with van der Waals surface area (Å²) in [6.45, 7) is 1.50. The first-order chi connectivity index (χ1) is 13.6. The van der Waals surface area contributed by atoms with Gasteiger partial charge in [-0.05, 0) is 67.1 Å². The normalized spacial score (nSPS) is 14.2. The average Bonchev–Trinajstić information content (AvgIpc) is 3.26. The molecule has 4 rings (SSSR count). The van der Waals surface area contributed by atoms with Crippen LogP contribution in [0.4, 0.5) is 16.2 Å². The van der Waals surface area contributed by atoms with E-state index < -0.39 is 0 Å². The average molecular weight is 374 g/mol. The van der Waals surface area contributed by atoms with Crippen molar-refractivity contribution in [3.8, 4) is 5.69 Å². The summed E-state index contributed by atoms with van der Waals surface area (Å²) >= 11 is 0. The largest absolute Gasteiger partial charge is 0.327 e. The zero-order valence-corrected chi connectivity index (χ0v) is 15.7. The minimum absolute atomic E-state index is 0.00539. The van der Waals surface area contributed by atoms with Crippen molar-refractivity contribution in [1.82, 2.24) is 9.47 Å². The molecule has 0 radical (unpaired) electrons. The van der Waals surface area contributed by atoms with E-state index in [-0.39, 0.29) is 11.9 Å². The van der Waals surface area contributed by atoms with Crippen LogP contribution in [0.5, 0.6) is 0 Å². The Hall–Kier alpha value is -3.54. The first kappa shape index (κ1) is 17.9. The van der Waals surface area contributed by atoms with Crippen LogP contribution in [-0.4, -0.2) is 41.5 Å². The zero-order chi connectivity index (χ0) is 19.5. The van der Waals surface area contributed by atoms with Crippen LogP contribution >= 0.6 is 0 Å². The first-order valence-electron chi connectivity index (χ1n) is 9.29. The Kier molecular flexibility index (Phi) is 4.85. The standard InChI is InChI=1S/C22H22N4O2/c1-24-13-4-16-26(22(24)28)20-11-7-18(8-12-20)23-21(27)17-5-9-19(10-6-17)25-14-2-3-15-25/h2-3,5-12,14-15H,4,13,16H2,1H3,(H,23,27). The minimum atomic E-state index is -0.166. The predicted molar refractivity (Wildman–Crippen MR) is 110 cm³/mol. The van der Waals surface area contributed by atoms with Gasteiger partial charge in [0.15, 0.2) is 0 Å². The van der Waals surface area contributed by atoms with Gasteiger partial charge in [-0.1, -0.05) is 0 Å². The Bertz CT molecular complexity index is 963. The smallest absolute Gasteiger partial charge is 0.324 e. The molecule has 0 spiro atoms. The minimum Gasteiger partial charge on any atom is -0.327 e. The van der Waals surface area contributed by atoms with Gasteiger partial charge in [0.25, 0.3) is 5.91 Å². The summed E-state index contributed by atoms with van der Waals surface area (Å²) in [6.07, 6.45) is 4.86. The number of carbonyl (C=O) groups excluding carboxylic acids is 2. The van der Waals surface area contributed by atoms with Crippen LogP contribution < -0.4 is 10.2 Å². The van der Waals surface area contributed by atoms with Gasteiger partial charge in [0.05, 0.1) is 0 Å². The van der Waals surface area contributed by atoms with Gasteiger partial charge in [0.2, 0.25) is 0 Å². The van der Waals surface area contributed by atoms with Crippen molar-refractivity contribution in [2.75, 3.05) is 30.4 Å². The van der Waals surface area contributed by atoms with Crippen LogP contribution in [0.2, 0.25) is 0 Å². The van der Waals surface area contributed by atoms with Crippen molar-refractivity contribution in [2.45, 2.75) is 6.42 Å². The van der Waals surface area contributed by atoms with E-state index in [1.807, 2.05) is 72.5 Å². The van der Waals surface area contributed by atoms with Crippen molar-refractivity contribution in [3.63, 3.8) is 0 Å². The van der Waals surface area contributed by atoms with E-state index in [1.165, 1.54) is 0 Å². The highest BCUT2D eigenvalue weighted by atomic mass is 16.2. The monoisotopic (exact) mass is 374 g/mol. The molecule has 0 unspecified atom stereocenters. The lowest BCUT2D eigenvalue weighted by molar-refractivity contribution is 0.102. The number of aromatic nitrogens is 1. The van der Waals surface area contributed by atoms with Gasteiger partial charge in [0.1, 0.15) is 0 Å². The lowest BCUT2D eigenvalue weighted by atomic mass is 10.1. The van der Waals surface area contributed by atoms with Gasteiger partial charge >= 0.3 is 6.03 Å². The molecule has 3 amide bonds. The third-order valence-corrected chi connectivity index (χ3v) is 4.90. The zero-order valence-electron chi connectivity index (χ0n) is 15.7. The van der Waals surface area contributed by atoms with Crippen molar-refractivity contribution in [3.05, 3.63) is 78.6 Å². The SMILES string of the molecule is CN1CCCN(c2ccc(NC(=O)c3ccc(-n4cccc4)cc3)cc2)C1=O. The van der Waals surface area contributed by atoms with Gasteiger partial charge in [-0.15, -0.1) is 0 Å². The van der Waals surface area contributed by atoms with Gasteiger partial charge in [-0.25, -0.2) is 4.79 Å². The van der Waals surface area contributed by atoms with Crippen molar-refractivity contribution in [2.24, 2.45) is 0 Å². The van der Waals surface area contributed by atoms with E-state index in [9.17, 15) is 9.59 Å². The fourth-order valence-electron chi connectivity index (χ4n) is 3.32. The third-order valence-electron chi connectivity index (χ3n) is 4.90. The van der Waals surface area contributed by atoms with Crippen LogP contribution in [0, 0.1) is 0 Å². The maximum Gasteiger partial charge on any atom is 0.324 e. The molecule has 6 heteroatoms. The highest BCUT2D eigenvalue weighted by molar-refractivity contribution is 6.04. The molecule has 1 N–H and O–H groups in total. The lowest BCUT2D eigenvalue weighted by Gasteiger charge is -2.33. The molecular weight excluding hydrogens is 352 g/mol. The molecule has 0 aliphatic carbocycles. The number of hydrogen-bond acceptors (Lipinski definition) is 2. The summed E-state index contributed by atoms with van der Waals surface area (Å²) in [4.78, 5) is 28.2. The van der Waals surface area contributed by atoms with Crippen molar-refractivity contribution in [1.29, 1.82) is 0 Å². The topological polar surface area (TPSA) is 57.6 Å². The highest BCUT2D eigenvalue weighted by Crippen LogP contribution is 2.22. The summed E-state index contributed by atoms with van der Waals surface area (Å²) in [5, 5.41) is 2.90. The maximum absolute atomic E-state index is 12.5. The number of carbonyl (C=O) groups is 2. The molecule has 0 saturated carbocycles. The molecule has 0 bridgehead atoms. The van der Waals surface area contributed by atoms with Crippen LogP contribution in [0.3, 0.4) is 0 Å². The second kappa shape index (κ2) is 7.60. The van der Waals surface area contributed by atoms with E-state index in [4.69, 9.17) is 0 Å². The summed E-state index contributed by atoms with van der Waals surface area (Å²) in [6, 6.07) is 18.7. The number of rotatable bonds is 4. The molecule has 1 aliphatic rings. The van der Waals surface area contributed by atoms with E-state index in [0.717, 1.165) is 24.3 Å². The fourth-order valence-corrected chi connectivity index (χ4v) is 3.32. The number of nitrogens with zero attached hydrogens (tertiary/aromatic N) is 3. The highest BCUT2D eigenvalue weighted by Gasteiger charge is 2.23. The molecule has 1 aliphatic heterocycles. The molecule has 3 aromatic rings. The number of benzene rings is 2. The van der Waals surface area contributed by atoms with Crippen LogP contribution in [-0.2, 0) is 0 Å². The molecule has 1 saturated heterocycles. The number of amides is 3. The lowest BCUT2D eigenvalue weighted by Crippen LogP contribution is -2.47. The summed E-state index contributed by atoms with van der Waals surface area (Å²) in [5.41, 5.74) is 3.13. The molecule has 1 aromatic heterocycles. The number of urea groups is 1. The van der Waals surface area contributed by atoms with E-state index in [1.54, 1.807) is 21.9 Å². The van der Waals surface area contributed by atoms with Crippen LogP contribution in [0.25, 0.3) is 5.69 Å². The molecule has 2 aromatic carbocycles. The Labute approximate surface area is 164 Å². The Morgan fingerprint density at radius 1 is 0.893 bits per heavy atom. The number of anilines is 2. The summed E-state index contributed by atoms with van der Waals surface area (Å²) in [7, 11) is 1.81. The third kappa shape index (κ3) is 3.62. The molecule has 6 nitrogen and oxygen atoms in total. The quantitative estimate of drug-likeness (QED) is 0.751. The maximum atomic E-state index is 12.5. The molecule has 1 fully saturated rings. The van der Waals surface area contributed by atoms with Gasteiger partial charge in [0, 0.05) is 55.2 Å². The molecule has 142 valence electrons. The van der Waals surface area contributed by atoms with Gasteiger partial charge in [-0.2, -0.15) is 0 Å². The second-order valence-corrected chi connectivity index (χ2v) is 6.85. The summed E-state index contributed by atoms with van der Waals surface area (Å²) in [5.74, 6) is -0.166. The number of nitrogens with one attached hydrogen (secondary N) is 1. The second-order valence-electron chi connectivity index (χ2n) is 6.85. The summed E-state index contributed by atoms with van der Waals surface area (Å²) < 4.78 is 1.99. The van der Waals surface area contributed by atoms with Gasteiger partial charge in [-0.3, -0.25) is 9.69 Å². The van der Waals surface area contributed by atoms with Crippen molar-refractivity contribution >= 4 is 23.3 Å². The fraction of sp³-hybridized carbons (Fsp3) is 0.182. The van der Waals surface area contributed by atoms with Gasteiger partial charge < -0.3 is 14.8 Å². The Morgan fingerprint density at radius 2 is 1.54 bits per heavy atom. The van der Waals surface area contributed by atoms with E-state index in [0.29, 0.717) is 17.8 Å². The van der Waals surface area contributed by atoms with E-state index in [2.05, 4.69) is 5.32 Å². The van der Waals surface area contributed by atoms with Crippen LogP contribution in [0.15, 0.2) is 73.1 Å². The Balaban J connectivity index is 1.42. The number of hydrogen-bond donors (Lipinski definition) is 1. The molecule has 28 heavy (non-hydrogen) atoms. The molecule has 2 heterocycles. The predicted octanol–water partition coefficient (Wildman–Crippen LogP) is 3.99. The van der Waals surface area contributed by atoms with Crippen molar-refractivity contribution < 1.29 is 9.59 Å². The van der Waals surface area contributed by atoms with E-state index >= 15 is 0 Å². The Morgan fingerprint density at radius 3 is 2.21 bits per heavy atom. The first-order valence-corrected chi connectivity index (χ1v) is 9.29. The molecule has 0 atom stereocenters. The molecular formula is C22H22N4O2.